The molecule has 3 aromatic carbocycles. The molecule has 1 atom stereocenters. The summed E-state index contributed by atoms with van der Waals surface area (Å²) in [6.45, 7) is 8.04. The number of phenolic OH excluding ortho intramolecular Hbond substituents is 2. The van der Waals surface area contributed by atoms with E-state index < -0.39 is 23.7 Å². The zero-order valence-corrected chi connectivity index (χ0v) is 31.5. The van der Waals surface area contributed by atoms with Crippen LogP contribution in [0.25, 0.3) is 39.4 Å². The number of fused-ring (bicyclic) bond motifs is 6. The molecule has 3 aliphatic heterocycles. The number of cyclic esters (lactones) is 1. The Morgan fingerprint density at radius 3 is 2.47 bits per heavy atom. The molecule has 0 fully saturated rings. The Morgan fingerprint density at radius 1 is 0.930 bits per heavy atom. The number of carbonyl (C=O) groups is 2. The monoisotopic (exact) mass is 770 g/mol. The van der Waals surface area contributed by atoms with Gasteiger partial charge in [0.1, 0.15) is 23.9 Å². The van der Waals surface area contributed by atoms with Gasteiger partial charge in [0.2, 0.25) is 0 Å². The lowest BCUT2D eigenvalue weighted by Crippen LogP contribution is -2.44. The van der Waals surface area contributed by atoms with Crippen molar-refractivity contribution >= 4 is 23.0 Å². The van der Waals surface area contributed by atoms with Gasteiger partial charge in [-0.05, 0) is 83.5 Å². The van der Waals surface area contributed by atoms with E-state index in [-0.39, 0.29) is 78.2 Å². The molecule has 15 heteroatoms. The highest BCUT2D eigenvalue weighted by Crippen LogP contribution is 2.42. The first-order valence-electron chi connectivity index (χ1n) is 18.7. The molecule has 1 amide bonds. The maximum Gasteiger partial charge on any atom is 0.415 e. The van der Waals surface area contributed by atoms with Crippen LogP contribution in [0.3, 0.4) is 0 Å². The van der Waals surface area contributed by atoms with Crippen LogP contribution in [0.4, 0.5) is 4.79 Å². The molecule has 3 aliphatic rings. The van der Waals surface area contributed by atoms with Crippen molar-refractivity contribution in [1.29, 1.82) is 0 Å². The second kappa shape index (κ2) is 12.9. The average molecular weight is 771 g/mol. The fraction of sp³-hybridized carbons (Fsp3) is 0.286. The van der Waals surface area contributed by atoms with E-state index in [0.717, 1.165) is 27.6 Å². The van der Waals surface area contributed by atoms with E-state index in [1.165, 1.54) is 10.6 Å². The van der Waals surface area contributed by atoms with Gasteiger partial charge < -0.3 is 34.5 Å². The zero-order chi connectivity index (χ0) is 40.1. The number of amides is 1. The molecule has 3 aromatic heterocycles. The lowest BCUT2D eigenvalue weighted by Gasteiger charge is -2.31. The molecule has 0 spiro atoms. The van der Waals surface area contributed by atoms with Gasteiger partial charge in [-0.15, -0.1) is 5.10 Å². The largest absolute Gasteiger partial charge is 0.508 e. The number of nitrogens with zero attached hydrogens (tertiary/aromatic N) is 6. The number of hydrogen-bond donors (Lipinski definition) is 4. The highest BCUT2D eigenvalue weighted by Gasteiger charge is 2.45. The second-order valence-corrected chi connectivity index (χ2v) is 15.0. The van der Waals surface area contributed by atoms with Crippen molar-refractivity contribution in [2.24, 2.45) is 0 Å². The van der Waals surface area contributed by atoms with Crippen molar-refractivity contribution in [3.63, 3.8) is 0 Å². The molecule has 9 rings (SSSR count). The van der Waals surface area contributed by atoms with Crippen LogP contribution in [0.1, 0.15) is 79.0 Å². The van der Waals surface area contributed by atoms with Gasteiger partial charge in [0.25, 0.3) is 5.56 Å². The number of aliphatic hydroxyl groups is 1. The molecular weight excluding hydrogens is 732 g/mol. The summed E-state index contributed by atoms with van der Waals surface area (Å²) < 4.78 is 14.1. The number of carbonyl (C=O) groups excluding carboxylic acids is 2. The topological polar surface area (TPSA) is 202 Å². The summed E-state index contributed by atoms with van der Waals surface area (Å²) in [6, 6.07) is 14.8. The maximum absolute atomic E-state index is 13.7. The fourth-order valence-electron chi connectivity index (χ4n) is 8.35. The third-order valence-electron chi connectivity index (χ3n) is 11.4. The summed E-state index contributed by atoms with van der Waals surface area (Å²) in [5.74, 6) is -0.603. The molecule has 4 N–H and O–H groups in total. The minimum Gasteiger partial charge on any atom is -0.508 e. The molecule has 6 aromatic rings. The van der Waals surface area contributed by atoms with Gasteiger partial charge in [-0.1, -0.05) is 38.9 Å². The fourth-order valence-corrected chi connectivity index (χ4v) is 8.35. The summed E-state index contributed by atoms with van der Waals surface area (Å²) in [4.78, 5) is 46.4. The lowest BCUT2D eigenvalue weighted by molar-refractivity contribution is -0.172. The number of pyridine rings is 2. The van der Waals surface area contributed by atoms with Crippen molar-refractivity contribution < 1.29 is 39.5 Å². The van der Waals surface area contributed by atoms with Gasteiger partial charge in [0.15, 0.2) is 11.4 Å². The standard InChI is InChI=1S/C42H38N6O9/c1-5-25-27-12-24(9-10-32(27)43-36-29(25)18-47-33(36)14-31-30(38(47)51)19-56-39(52)42(31,55)6-2)57-41(54)46-16-21-7-8-23(11-22(21)17-46)48-37(44-45-40(48)53)28-13-26(20(3)4)34(49)15-35(28)50/h7-15,20,49-50,55H,5-6,16-19H2,1-4H3,(H,45,53). The predicted octanol–water partition coefficient (Wildman–Crippen LogP) is 5.64. The average Bonchev–Trinajstić information content (AvgIpc) is 3.90. The predicted molar refractivity (Wildman–Crippen MR) is 205 cm³/mol. The third-order valence-corrected chi connectivity index (χ3v) is 11.4. The smallest absolute Gasteiger partial charge is 0.415 e. The summed E-state index contributed by atoms with van der Waals surface area (Å²) in [5.41, 5.74) is 4.87. The van der Waals surface area contributed by atoms with E-state index in [1.807, 2.05) is 32.9 Å². The number of aryl methyl sites for hydroxylation is 1. The summed E-state index contributed by atoms with van der Waals surface area (Å²) in [7, 11) is 0. The molecule has 6 heterocycles. The van der Waals surface area contributed by atoms with Crippen molar-refractivity contribution in [2.45, 2.75) is 78.3 Å². The molecule has 0 saturated carbocycles. The van der Waals surface area contributed by atoms with Crippen molar-refractivity contribution in [3.8, 4) is 51.7 Å². The van der Waals surface area contributed by atoms with Crippen LogP contribution in [-0.2, 0) is 47.8 Å². The Hall–Kier alpha value is -6.74. The molecule has 0 aliphatic carbocycles. The number of hydrogen-bond acceptors (Lipinski definition) is 12. The Kier molecular flexibility index (Phi) is 8.14. The highest BCUT2D eigenvalue weighted by atomic mass is 16.6. The molecular formula is C42H38N6O9. The number of esters is 1. The van der Waals surface area contributed by atoms with Crippen LogP contribution in [0.2, 0.25) is 0 Å². The molecule has 290 valence electrons. The Labute approximate surface area is 325 Å². The minimum atomic E-state index is -1.92. The normalized spacial score (nSPS) is 16.7. The Balaban J connectivity index is 0.982. The molecule has 15 nitrogen and oxygen atoms in total. The van der Waals surface area contributed by atoms with E-state index in [1.54, 1.807) is 52.8 Å². The molecule has 1 unspecified atom stereocenters. The zero-order valence-electron chi connectivity index (χ0n) is 31.5. The quantitative estimate of drug-likeness (QED) is 0.152. The van der Waals surface area contributed by atoms with E-state index >= 15 is 0 Å². The van der Waals surface area contributed by atoms with Gasteiger partial charge in [0.05, 0.1) is 40.3 Å². The number of aromatic nitrogens is 5. The summed E-state index contributed by atoms with van der Waals surface area (Å²) in [5, 5.41) is 51.8. The molecule has 0 radical (unpaired) electrons. The van der Waals surface area contributed by atoms with Gasteiger partial charge in [0, 0.05) is 35.7 Å². The van der Waals surface area contributed by atoms with E-state index in [4.69, 9.17) is 14.5 Å². The van der Waals surface area contributed by atoms with Crippen LogP contribution in [0.15, 0.2) is 59.4 Å². The van der Waals surface area contributed by atoms with Crippen molar-refractivity contribution in [1.82, 2.24) is 29.2 Å². The SMILES string of the molecule is CCc1c2c(nc3ccc(OC(=O)N4Cc5ccc(-n6c(O)nnc6-c6cc(C(C)C)c(O)cc6O)cc5C4)cc13)-c1cc3c(c(=O)n1C2)COC(=O)C3(O)CC. The van der Waals surface area contributed by atoms with Crippen molar-refractivity contribution in [3.05, 3.63) is 104 Å². The lowest BCUT2D eigenvalue weighted by atomic mass is 9.86. The molecule has 0 bridgehead atoms. The maximum atomic E-state index is 13.7. The van der Waals surface area contributed by atoms with E-state index in [2.05, 4.69) is 10.2 Å². The number of aromatic hydroxyl groups is 3. The van der Waals surface area contributed by atoms with Gasteiger partial charge >= 0.3 is 18.1 Å². The minimum absolute atomic E-state index is 0.0486. The van der Waals surface area contributed by atoms with Crippen LogP contribution in [0, 0.1) is 0 Å². The van der Waals surface area contributed by atoms with Crippen LogP contribution < -0.4 is 10.3 Å². The van der Waals surface area contributed by atoms with Crippen LogP contribution >= 0.6 is 0 Å². The van der Waals surface area contributed by atoms with Gasteiger partial charge in [-0.2, -0.15) is 0 Å². The summed E-state index contributed by atoms with van der Waals surface area (Å²) in [6.07, 6.45) is 0.0845. The van der Waals surface area contributed by atoms with Crippen LogP contribution in [0.5, 0.6) is 23.3 Å². The number of rotatable bonds is 6. The first kappa shape index (κ1) is 35.9. The Morgan fingerprint density at radius 2 is 1.72 bits per heavy atom. The van der Waals surface area contributed by atoms with Crippen LogP contribution in [-0.4, -0.2) is 61.7 Å². The number of ether oxygens (including phenoxy) is 2. The first-order valence-corrected chi connectivity index (χ1v) is 18.7. The van der Waals surface area contributed by atoms with Gasteiger partial charge in [-0.25, -0.2) is 19.1 Å². The van der Waals surface area contributed by atoms with E-state index in [0.29, 0.717) is 40.3 Å². The molecule has 0 saturated heterocycles. The third kappa shape index (κ3) is 5.44. The number of benzene rings is 3. The molecule has 57 heavy (non-hydrogen) atoms. The second-order valence-electron chi connectivity index (χ2n) is 15.0. The van der Waals surface area contributed by atoms with Crippen molar-refractivity contribution in [2.75, 3.05) is 0 Å². The highest BCUT2D eigenvalue weighted by molar-refractivity contribution is 5.90. The first-order chi connectivity index (χ1) is 27.3. The summed E-state index contributed by atoms with van der Waals surface area (Å²) >= 11 is 0. The Bertz CT molecular complexity index is 2790. The van der Waals surface area contributed by atoms with E-state index in [9.17, 15) is 34.8 Å². The number of phenols is 2. The van der Waals surface area contributed by atoms with Gasteiger partial charge in [-0.3, -0.25) is 9.69 Å².